The predicted octanol–water partition coefficient (Wildman–Crippen LogP) is 3.51. The second kappa shape index (κ2) is 7.46. The molecule has 0 aliphatic heterocycles. The molecule has 4 heteroatoms. The van der Waals surface area contributed by atoms with Crippen LogP contribution in [0.25, 0.3) is 0 Å². The Bertz CT molecular complexity index is 589. The van der Waals surface area contributed by atoms with E-state index in [0.29, 0.717) is 13.1 Å². The Kier molecular flexibility index (Phi) is 5.62. The number of nitrogens with zero attached hydrogens (tertiary/aromatic N) is 1. The predicted molar refractivity (Wildman–Crippen MR) is 85.7 cm³/mol. The topological polar surface area (TPSA) is 32.7 Å². The Morgan fingerprint density at radius 2 is 1.95 bits per heavy atom. The fraction of sp³-hybridized carbons (Fsp3) is 0.294. The van der Waals surface area contributed by atoms with Gasteiger partial charge in [0.1, 0.15) is 5.75 Å². The van der Waals surface area contributed by atoms with Crippen molar-refractivity contribution in [3.05, 3.63) is 64.7 Å². The highest BCUT2D eigenvalue weighted by molar-refractivity contribution is 6.31. The van der Waals surface area contributed by atoms with Crippen molar-refractivity contribution in [2.75, 3.05) is 20.7 Å². The minimum atomic E-state index is -0.562. The van der Waals surface area contributed by atoms with E-state index in [2.05, 4.69) is 0 Å². The van der Waals surface area contributed by atoms with Crippen molar-refractivity contribution >= 4 is 11.6 Å². The van der Waals surface area contributed by atoms with E-state index in [1.165, 1.54) is 0 Å². The van der Waals surface area contributed by atoms with Crippen molar-refractivity contribution in [2.24, 2.45) is 0 Å². The van der Waals surface area contributed by atoms with Gasteiger partial charge in [0.15, 0.2) is 0 Å². The lowest BCUT2D eigenvalue weighted by molar-refractivity contribution is 0.123. The quantitative estimate of drug-likeness (QED) is 0.886. The maximum Gasteiger partial charge on any atom is 0.119 e. The van der Waals surface area contributed by atoms with Gasteiger partial charge in [-0.15, -0.1) is 0 Å². The first-order chi connectivity index (χ1) is 10.1. The van der Waals surface area contributed by atoms with Crippen molar-refractivity contribution in [1.82, 2.24) is 4.90 Å². The van der Waals surface area contributed by atoms with Crippen LogP contribution >= 0.6 is 11.6 Å². The Hall–Kier alpha value is -1.55. The molecule has 2 aromatic rings. The normalized spacial score (nSPS) is 12.4. The van der Waals surface area contributed by atoms with Gasteiger partial charge >= 0.3 is 0 Å². The molecule has 0 aliphatic rings. The molecule has 0 saturated heterocycles. The SMILES string of the molecule is COc1cccc(C(O)CN(C)Cc2ccccc2Cl)c1. The van der Waals surface area contributed by atoms with Gasteiger partial charge in [-0.3, -0.25) is 4.90 Å². The van der Waals surface area contributed by atoms with Crippen LogP contribution in [0, 0.1) is 0 Å². The summed E-state index contributed by atoms with van der Waals surface area (Å²) in [6.07, 6.45) is -0.562. The molecule has 0 saturated carbocycles. The Morgan fingerprint density at radius 1 is 1.19 bits per heavy atom. The van der Waals surface area contributed by atoms with Crippen LogP contribution in [0.2, 0.25) is 5.02 Å². The number of ether oxygens (including phenoxy) is 1. The molecule has 2 rings (SSSR count). The molecule has 0 aliphatic carbocycles. The average Bonchev–Trinajstić information content (AvgIpc) is 2.49. The maximum atomic E-state index is 10.3. The van der Waals surface area contributed by atoms with Gasteiger partial charge in [-0.05, 0) is 36.4 Å². The number of aliphatic hydroxyl groups excluding tert-OH is 1. The number of aliphatic hydroxyl groups is 1. The minimum absolute atomic E-state index is 0.526. The van der Waals surface area contributed by atoms with Crippen LogP contribution in [-0.2, 0) is 6.54 Å². The zero-order valence-electron chi connectivity index (χ0n) is 12.3. The molecule has 3 nitrogen and oxygen atoms in total. The van der Waals surface area contributed by atoms with E-state index < -0.39 is 6.10 Å². The first kappa shape index (κ1) is 15.8. The van der Waals surface area contributed by atoms with E-state index in [1.54, 1.807) is 7.11 Å². The largest absolute Gasteiger partial charge is 0.497 e. The third-order valence-electron chi connectivity index (χ3n) is 3.36. The molecule has 0 aromatic heterocycles. The number of rotatable bonds is 6. The second-order valence-electron chi connectivity index (χ2n) is 5.08. The number of likely N-dealkylation sites (N-methyl/N-ethyl adjacent to an activating group) is 1. The molecule has 0 bridgehead atoms. The number of hydrogen-bond acceptors (Lipinski definition) is 3. The Morgan fingerprint density at radius 3 is 2.67 bits per heavy atom. The summed E-state index contributed by atoms with van der Waals surface area (Å²) in [7, 11) is 3.59. The molecular formula is C17H20ClNO2. The lowest BCUT2D eigenvalue weighted by Gasteiger charge is -2.21. The molecule has 0 amide bonds. The van der Waals surface area contributed by atoms with Crippen LogP contribution in [0.1, 0.15) is 17.2 Å². The molecule has 0 spiro atoms. The maximum absolute atomic E-state index is 10.3. The van der Waals surface area contributed by atoms with Gasteiger partial charge in [0.25, 0.3) is 0 Å². The molecular weight excluding hydrogens is 286 g/mol. The number of hydrogen-bond donors (Lipinski definition) is 1. The second-order valence-corrected chi connectivity index (χ2v) is 5.49. The lowest BCUT2D eigenvalue weighted by Crippen LogP contribution is -2.24. The zero-order valence-corrected chi connectivity index (χ0v) is 13.0. The van der Waals surface area contributed by atoms with Gasteiger partial charge in [-0.25, -0.2) is 0 Å². The third kappa shape index (κ3) is 4.46. The standard InChI is InChI=1S/C17H20ClNO2/c1-19(11-14-6-3-4-9-16(14)18)12-17(20)13-7-5-8-15(10-13)21-2/h3-10,17,20H,11-12H2,1-2H3. The molecule has 2 aromatic carbocycles. The van der Waals surface area contributed by atoms with Crippen molar-refractivity contribution < 1.29 is 9.84 Å². The first-order valence-electron chi connectivity index (χ1n) is 6.84. The Labute approximate surface area is 130 Å². The van der Waals surface area contributed by atoms with Crippen molar-refractivity contribution in [2.45, 2.75) is 12.6 Å². The number of methoxy groups -OCH3 is 1. The van der Waals surface area contributed by atoms with Crippen LogP contribution in [0.3, 0.4) is 0 Å². The van der Waals surface area contributed by atoms with Crippen LogP contribution in [0.4, 0.5) is 0 Å². The van der Waals surface area contributed by atoms with Crippen molar-refractivity contribution in [1.29, 1.82) is 0 Å². The van der Waals surface area contributed by atoms with Gasteiger partial charge in [-0.2, -0.15) is 0 Å². The van der Waals surface area contributed by atoms with E-state index >= 15 is 0 Å². The number of benzene rings is 2. The summed E-state index contributed by atoms with van der Waals surface area (Å²) >= 11 is 6.16. The molecule has 0 heterocycles. The molecule has 1 atom stereocenters. The Balaban J connectivity index is 1.98. The van der Waals surface area contributed by atoms with Crippen molar-refractivity contribution in [3.63, 3.8) is 0 Å². The molecule has 1 N–H and O–H groups in total. The fourth-order valence-electron chi connectivity index (χ4n) is 2.23. The molecule has 112 valence electrons. The third-order valence-corrected chi connectivity index (χ3v) is 3.73. The van der Waals surface area contributed by atoms with Gasteiger partial charge in [0, 0.05) is 18.1 Å². The van der Waals surface area contributed by atoms with Crippen molar-refractivity contribution in [3.8, 4) is 5.75 Å². The molecule has 0 radical (unpaired) electrons. The first-order valence-corrected chi connectivity index (χ1v) is 7.22. The zero-order chi connectivity index (χ0) is 15.2. The summed E-state index contributed by atoms with van der Waals surface area (Å²) in [5.74, 6) is 0.750. The van der Waals surface area contributed by atoms with E-state index in [-0.39, 0.29) is 0 Å². The molecule has 21 heavy (non-hydrogen) atoms. The van der Waals surface area contributed by atoms with Gasteiger partial charge in [-0.1, -0.05) is 41.9 Å². The summed E-state index contributed by atoms with van der Waals surface area (Å²) in [6, 6.07) is 15.3. The molecule has 0 fully saturated rings. The van der Waals surface area contributed by atoms with E-state index in [0.717, 1.165) is 21.9 Å². The monoisotopic (exact) mass is 305 g/mol. The highest BCUT2D eigenvalue weighted by Gasteiger charge is 2.12. The van der Waals surface area contributed by atoms with E-state index in [1.807, 2.05) is 60.5 Å². The van der Waals surface area contributed by atoms with E-state index in [4.69, 9.17) is 16.3 Å². The minimum Gasteiger partial charge on any atom is -0.497 e. The highest BCUT2D eigenvalue weighted by atomic mass is 35.5. The smallest absolute Gasteiger partial charge is 0.119 e. The summed E-state index contributed by atoms with van der Waals surface area (Å²) in [4.78, 5) is 2.05. The highest BCUT2D eigenvalue weighted by Crippen LogP contribution is 2.21. The summed E-state index contributed by atoms with van der Waals surface area (Å²) in [5, 5.41) is 11.1. The van der Waals surface area contributed by atoms with E-state index in [9.17, 15) is 5.11 Å². The summed E-state index contributed by atoms with van der Waals surface area (Å²) in [5.41, 5.74) is 1.90. The molecule has 1 unspecified atom stereocenters. The van der Waals surface area contributed by atoms with Gasteiger partial charge < -0.3 is 9.84 Å². The fourth-order valence-corrected chi connectivity index (χ4v) is 2.43. The van der Waals surface area contributed by atoms with Gasteiger partial charge in [0.05, 0.1) is 13.2 Å². The lowest BCUT2D eigenvalue weighted by atomic mass is 10.1. The van der Waals surface area contributed by atoms with Crippen LogP contribution in [0.5, 0.6) is 5.75 Å². The number of halogens is 1. The van der Waals surface area contributed by atoms with Gasteiger partial charge in [0.2, 0.25) is 0 Å². The van der Waals surface area contributed by atoms with Crippen LogP contribution in [-0.4, -0.2) is 30.7 Å². The van der Waals surface area contributed by atoms with Crippen LogP contribution < -0.4 is 4.74 Å². The summed E-state index contributed by atoms with van der Waals surface area (Å²) in [6.45, 7) is 1.22. The van der Waals surface area contributed by atoms with Crippen LogP contribution in [0.15, 0.2) is 48.5 Å². The average molecular weight is 306 g/mol. The summed E-state index contributed by atoms with van der Waals surface area (Å²) < 4.78 is 5.18.